The summed E-state index contributed by atoms with van der Waals surface area (Å²) < 4.78 is 5.72. The number of carbonyl (C=O) groups excluding carboxylic acids is 1. The number of ether oxygens (including phenoxy) is 1. The van der Waals surface area contributed by atoms with Gasteiger partial charge >= 0.3 is 0 Å². The van der Waals surface area contributed by atoms with Gasteiger partial charge in [-0.05, 0) is 36.0 Å². The summed E-state index contributed by atoms with van der Waals surface area (Å²) in [6.45, 7) is 8.86. The van der Waals surface area contributed by atoms with Crippen molar-refractivity contribution in [1.29, 1.82) is 0 Å². The van der Waals surface area contributed by atoms with E-state index in [1.807, 2.05) is 17.0 Å². The van der Waals surface area contributed by atoms with E-state index in [0.29, 0.717) is 19.6 Å². The molecule has 1 aromatic carbocycles. The van der Waals surface area contributed by atoms with Gasteiger partial charge < -0.3 is 9.64 Å². The fourth-order valence-electron chi connectivity index (χ4n) is 2.42. The fraction of sp³-hybridized carbons (Fsp3) is 0.588. The SMILES string of the molecule is CCC(C)(C)c1ccc(OCCN2CCCC2=O)cc1. The molecular formula is C17H25NO2. The van der Waals surface area contributed by atoms with Crippen molar-refractivity contribution in [3.8, 4) is 5.75 Å². The highest BCUT2D eigenvalue weighted by Gasteiger charge is 2.20. The van der Waals surface area contributed by atoms with Crippen molar-refractivity contribution in [3.63, 3.8) is 0 Å². The van der Waals surface area contributed by atoms with E-state index in [-0.39, 0.29) is 11.3 Å². The van der Waals surface area contributed by atoms with Crippen molar-refractivity contribution in [2.45, 2.75) is 45.4 Å². The van der Waals surface area contributed by atoms with Crippen molar-refractivity contribution in [1.82, 2.24) is 4.90 Å². The quantitative estimate of drug-likeness (QED) is 0.796. The van der Waals surface area contributed by atoms with E-state index in [9.17, 15) is 4.79 Å². The van der Waals surface area contributed by atoms with Crippen LogP contribution in [0.25, 0.3) is 0 Å². The lowest BCUT2D eigenvalue weighted by molar-refractivity contribution is -0.128. The molecule has 20 heavy (non-hydrogen) atoms. The molecule has 0 spiro atoms. The predicted octanol–water partition coefficient (Wildman–Crippen LogP) is 3.38. The monoisotopic (exact) mass is 275 g/mol. The zero-order valence-corrected chi connectivity index (χ0v) is 12.8. The Morgan fingerprint density at radius 2 is 1.95 bits per heavy atom. The third kappa shape index (κ3) is 3.53. The van der Waals surface area contributed by atoms with Crippen molar-refractivity contribution in [3.05, 3.63) is 29.8 Å². The first-order chi connectivity index (χ1) is 9.53. The molecule has 1 fully saturated rings. The van der Waals surface area contributed by atoms with Crippen molar-refractivity contribution in [2.75, 3.05) is 19.7 Å². The number of nitrogens with zero attached hydrogens (tertiary/aromatic N) is 1. The molecule has 0 atom stereocenters. The van der Waals surface area contributed by atoms with Gasteiger partial charge in [0, 0.05) is 13.0 Å². The molecule has 0 N–H and O–H groups in total. The number of hydrogen-bond acceptors (Lipinski definition) is 2. The van der Waals surface area contributed by atoms with Crippen LogP contribution in [0.3, 0.4) is 0 Å². The summed E-state index contributed by atoms with van der Waals surface area (Å²) in [5.74, 6) is 1.14. The second kappa shape index (κ2) is 6.29. The molecule has 0 radical (unpaired) electrons. The Kier molecular flexibility index (Phi) is 4.69. The first kappa shape index (κ1) is 14.9. The minimum Gasteiger partial charge on any atom is -0.492 e. The number of amides is 1. The minimum atomic E-state index is 0.209. The average molecular weight is 275 g/mol. The van der Waals surface area contributed by atoms with Crippen LogP contribution in [-0.2, 0) is 10.2 Å². The molecule has 3 heteroatoms. The van der Waals surface area contributed by atoms with Gasteiger partial charge in [0.05, 0.1) is 6.54 Å². The van der Waals surface area contributed by atoms with Gasteiger partial charge in [0.15, 0.2) is 0 Å². The Balaban J connectivity index is 1.83. The highest BCUT2D eigenvalue weighted by molar-refractivity contribution is 5.78. The Morgan fingerprint density at radius 1 is 1.25 bits per heavy atom. The van der Waals surface area contributed by atoms with Crippen LogP contribution >= 0.6 is 0 Å². The summed E-state index contributed by atoms with van der Waals surface area (Å²) in [4.78, 5) is 13.4. The first-order valence-corrected chi connectivity index (χ1v) is 7.54. The molecule has 1 aliphatic heterocycles. The topological polar surface area (TPSA) is 29.5 Å². The molecule has 1 aliphatic rings. The predicted molar refractivity (Wildman–Crippen MR) is 81.1 cm³/mol. The van der Waals surface area contributed by atoms with Crippen molar-refractivity contribution < 1.29 is 9.53 Å². The summed E-state index contributed by atoms with van der Waals surface area (Å²) in [5.41, 5.74) is 1.54. The Labute approximate surface area is 121 Å². The third-order valence-electron chi connectivity index (χ3n) is 4.32. The maximum Gasteiger partial charge on any atom is 0.222 e. The molecule has 3 nitrogen and oxygen atoms in total. The lowest BCUT2D eigenvalue weighted by Gasteiger charge is -2.23. The van der Waals surface area contributed by atoms with Crippen LogP contribution in [0.4, 0.5) is 0 Å². The van der Waals surface area contributed by atoms with Crippen LogP contribution < -0.4 is 4.74 Å². The van der Waals surface area contributed by atoms with E-state index in [2.05, 4.69) is 32.9 Å². The van der Waals surface area contributed by atoms with Crippen LogP contribution in [-0.4, -0.2) is 30.5 Å². The first-order valence-electron chi connectivity index (χ1n) is 7.54. The number of benzene rings is 1. The molecule has 1 aromatic rings. The molecule has 2 rings (SSSR count). The lowest BCUT2D eigenvalue weighted by Crippen LogP contribution is -2.29. The maximum atomic E-state index is 11.5. The van der Waals surface area contributed by atoms with Gasteiger partial charge in [-0.2, -0.15) is 0 Å². The van der Waals surface area contributed by atoms with Crippen LogP contribution in [0.1, 0.15) is 45.6 Å². The standard InChI is InChI=1S/C17H25NO2/c1-4-17(2,3)14-7-9-15(10-8-14)20-13-12-18-11-5-6-16(18)19/h7-10H,4-6,11-13H2,1-3H3. The molecule has 0 saturated carbocycles. The van der Waals surface area contributed by atoms with Gasteiger partial charge in [-0.15, -0.1) is 0 Å². The summed E-state index contributed by atoms with van der Waals surface area (Å²) in [7, 11) is 0. The molecule has 1 heterocycles. The zero-order chi connectivity index (χ0) is 14.6. The number of carbonyl (C=O) groups is 1. The van der Waals surface area contributed by atoms with Gasteiger partial charge in [0.2, 0.25) is 5.91 Å². The van der Waals surface area contributed by atoms with E-state index in [4.69, 9.17) is 4.74 Å². The molecule has 110 valence electrons. The lowest BCUT2D eigenvalue weighted by atomic mass is 9.82. The highest BCUT2D eigenvalue weighted by Crippen LogP contribution is 2.28. The molecular weight excluding hydrogens is 250 g/mol. The number of likely N-dealkylation sites (tertiary alicyclic amines) is 1. The molecule has 0 bridgehead atoms. The smallest absolute Gasteiger partial charge is 0.222 e. The summed E-state index contributed by atoms with van der Waals surface area (Å²) in [5, 5.41) is 0. The maximum absolute atomic E-state index is 11.5. The normalized spacial score (nSPS) is 15.8. The second-order valence-electron chi connectivity index (χ2n) is 6.09. The second-order valence-corrected chi connectivity index (χ2v) is 6.09. The van der Waals surface area contributed by atoms with Gasteiger partial charge in [-0.25, -0.2) is 0 Å². The summed E-state index contributed by atoms with van der Waals surface area (Å²) in [6, 6.07) is 8.33. The van der Waals surface area contributed by atoms with Gasteiger partial charge in [-0.3, -0.25) is 4.79 Å². The Hall–Kier alpha value is -1.51. The zero-order valence-electron chi connectivity index (χ0n) is 12.8. The van der Waals surface area contributed by atoms with E-state index in [1.54, 1.807) is 0 Å². The summed E-state index contributed by atoms with van der Waals surface area (Å²) in [6.07, 6.45) is 2.80. The third-order valence-corrected chi connectivity index (χ3v) is 4.32. The number of hydrogen-bond donors (Lipinski definition) is 0. The van der Waals surface area contributed by atoms with Gasteiger partial charge in [0.25, 0.3) is 0 Å². The van der Waals surface area contributed by atoms with Gasteiger partial charge in [-0.1, -0.05) is 32.9 Å². The molecule has 1 amide bonds. The average Bonchev–Trinajstić information content (AvgIpc) is 2.85. The van der Waals surface area contributed by atoms with Crippen LogP contribution in [0.5, 0.6) is 5.75 Å². The van der Waals surface area contributed by atoms with Crippen molar-refractivity contribution in [2.24, 2.45) is 0 Å². The summed E-state index contributed by atoms with van der Waals surface area (Å²) >= 11 is 0. The molecule has 0 aromatic heterocycles. The highest BCUT2D eigenvalue weighted by atomic mass is 16.5. The van der Waals surface area contributed by atoms with E-state index in [0.717, 1.165) is 25.1 Å². The van der Waals surface area contributed by atoms with Crippen LogP contribution in [0.2, 0.25) is 0 Å². The fourth-order valence-corrected chi connectivity index (χ4v) is 2.42. The van der Waals surface area contributed by atoms with Crippen LogP contribution in [0, 0.1) is 0 Å². The Bertz CT molecular complexity index is 451. The molecule has 0 aliphatic carbocycles. The van der Waals surface area contributed by atoms with Gasteiger partial charge in [0.1, 0.15) is 12.4 Å². The van der Waals surface area contributed by atoms with E-state index in [1.165, 1.54) is 5.56 Å². The van der Waals surface area contributed by atoms with Crippen LogP contribution in [0.15, 0.2) is 24.3 Å². The van der Waals surface area contributed by atoms with Crippen molar-refractivity contribution >= 4 is 5.91 Å². The largest absolute Gasteiger partial charge is 0.492 e. The minimum absolute atomic E-state index is 0.209. The van der Waals surface area contributed by atoms with E-state index >= 15 is 0 Å². The Morgan fingerprint density at radius 3 is 2.50 bits per heavy atom. The molecule has 1 saturated heterocycles. The number of rotatable bonds is 6. The van der Waals surface area contributed by atoms with E-state index < -0.39 is 0 Å². The molecule has 0 unspecified atom stereocenters.